The number of aromatic amines is 1. The van der Waals surface area contributed by atoms with Crippen LogP contribution in [-0.4, -0.2) is 26.6 Å². The summed E-state index contributed by atoms with van der Waals surface area (Å²) in [5.74, 6) is 1.25. The van der Waals surface area contributed by atoms with Crippen LogP contribution in [0.5, 0.6) is 0 Å². The number of nitrogens with one attached hydrogen (secondary N) is 2. The van der Waals surface area contributed by atoms with Gasteiger partial charge in [-0.15, -0.1) is 34.4 Å². The van der Waals surface area contributed by atoms with Crippen molar-refractivity contribution in [2.24, 2.45) is 0 Å². The van der Waals surface area contributed by atoms with Gasteiger partial charge < -0.3 is 10.3 Å². The molecular weight excluding hydrogens is 448 g/mol. The van der Waals surface area contributed by atoms with E-state index >= 15 is 0 Å². The number of aryl methyl sites for hydroxylation is 3. The van der Waals surface area contributed by atoms with Crippen molar-refractivity contribution in [2.45, 2.75) is 31.9 Å². The van der Waals surface area contributed by atoms with Crippen LogP contribution >= 0.6 is 34.4 Å². The number of aromatic nitrogens is 3. The van der Waals surface area contributed by atoms with Gasteiger partial charge in [0.1, 0.15) is 10.7 Å². The monoisotopic (exact) mass is 468 g/mol. The summed E-state index contributed by atoms with van der Waals surface area (Å²) in [4.78, 5) is 39.0. The fourth-order valence-corrected chi connectivity index (χ4v) is 6.41. The molecule has 0 atom stereocenters. The molecule has 6 nitrogen and oxygen atoms in total. The van der Waals surface area contributed by atoms with E-state index < -0.39 is 0 Å². The first kappa shape index (κ1) is 20.4. The third-order valence-electron chi connectivity index (χ3n) is 5.19. The number of hydrogen-bond donors (Lipinski definition) is 2. The van der Waals surface area contributed by atoms with Crippen molar-refractivity contribution in [3.05, 3.63) is 61.8 Å². The van der Waals surface area contributed by atoms with Crippen LogP contribution in [-0.2, 0) is 23.4 Å². The maximum atomic E-state index is 12.5. The van der Waals surface area contributed by atoms with Crippen molar-refractivity contribution in [3.63, 3.8) is 0 Å². The maximum Gasteiger partial charge on any atom is 0.259 e. The average Bonchev–Trinajstić information content (AvgIpc) is 3.44. The molecule has 0 spiro atoms. The van der Waals surface area contributed by atoms with Crippen LogP contribution in [0.1, 0.15) is 28.2 Å². The molecule has 4 aromatic rings. The predicted molar refractivity (Wildman–Crippen MR) is 129 cm³/mol. The molecule has 1 aliphatic carbocycles. The van der Waals surface area contributed by atoms with Gasteiger partial charge in [0.25, 0.3) is 5.56 Å². The van der Waals surface area contributed by atoms with Crippen LogP contribution < -0.4 is 10.9 Å². The second-order valence-electron chi connectivity index (χ2n) is 7.50. The second-order valence-corrected chi connectivity index (χ2v) is 10.4. The van der Waals surface area contributed by atoms with Gasteiger partial charge in [0.05, 0.1) is 22.6 Å². The van der Waals surface area contributed by atoms with Gasteiger partial charge >= 0.3 is 0 Å². The lowest BCUT2D eigenvalue weighted by atomic mass is 10.1. The Kier molecular flexibility index (Phi) is 5.64. The number of thiazole rings is 1. The maximum absolute atomic E-state index is 12.5. The lowest BCUT2D eigenvalue weighted by Gasteiger charge is -2.03. The average molecular weight is 469 g/mol. The number of carbonyl (C=O) groups excluding carboxylic acids is 1. The first-order valence-electron chi connectivity index (χ1n) is 10.0. The molecule has 0 saturated carbocycles. The quantitative estimate of drug-likeness (QED) is 0.425. The van der Waals surface area contributed by atoms with E-state index in [4.69, 9.17) is 0 Å². The summed E-state index contributed by atoms with van der Waals surface area (Å²) in [6.45, 7) is 2.05. The minimum atomic E-state index is -0.117. The summed E-state index contributed by atoms with van der Waals surface area (Å²) < 4.78 is 0. The van der Waals surface area contributed by atoms with Gasteiger partial charge in [-0.05, 0) is 31.7 Å². The third-order valence-corrected chi connectivity index (χ3v) is 8.08. The molecule has 0 bridgehead atoms. The van der Waals surface area contributed by atoms with Gasteiger partial charge in [-0.3, -0.25) is 9.59 Å². The minimum Gasteiger partial charge on any atom is -0.309 e. The number of thiophene rings is 1. The van der Waals surface area contributed by atoms with E-state index in [1.807, 2.05) is 36.6 Å². The van der Waals surface area contributed by atoms with Gasteiger partial charge in [-0.25, -0.2) is 9.97 Å². The molecule has 0 unspecified atom stereocenters. The summed E-state index contributed by atoms with van der Waals surface area (Å²) in [5, 5.41) is 6.14. The van der Waals surface area contributed by atoms with E-state index in [1.165, 1.54) is 39.1 Å². The van der Waals surface area contributed by atoms with Crippen LogP contribution in [0, 0.1) is 6.92 Å². The first-order valence-corrected chi connectivity index (χ1v) is 12.9. The fraction of sp³-hybridized carbons (Fsp3) is 0.273. The molecule has 1 aromatic carbocycles. The van der Waals surface area contributed by atoms with Crippen molar-refractivity contribution < 1.29 is 4.79 Å². The number of nitrogens with zero attached hydrogens (tertiary/aromatic N) is 2. The Hall–Kier alpha value is -2.49. The molecule has 3 aromatic heterocycles. The molecule has 158 valence electrons. The Morgan fingerprint density at radius 3 is 2.90 bits per heavy atom. The Labute approximate surface area is 191 Å². The van der Waals surface area contributed by atoms with Crippen molar-refractivity contribution in [1.29, 1.82) is 0 Å². The lowest BCUT2D eigenvalue weighted by molar-refractivity contribution is -0.113. The van der Waals surface area contributed by atoms with E-state index in [1.54, 1.807) is 11.3 Å². The smallest absolute Gasteiger partial charge is 0.259 e. The summed E-state index contributed by atoms with van der Waals surface area (Å²) >= 11 is 4.46. The molecule has 3 heterocycles. The van der Waals surface area contributed by atoms with Gasteiger partial charge in [0, 0.05) is 15.8 Å². The van der Waals surface area contributed by atoms with Crippen LogP contribution in [0.15, 0.2) is 34.4 Å². The van der Waals surface area contributed by atoms with Gasteiger partial charge in [-0.2, -0.15) is 0 Å². The molecule has 5 rings (SSSR count). The Balaban J connectivity index is 1.18. The molecular formula is C22H20N4O2S3. The molecule has 2 N–H and O–H groups in total. The first-order chi connectivity index (χ1) is 15.1. The highest BCUT2D eigenvalue weighted by Crippen LogP contribution is 2.34. The van der Waals surface area contributed by atoms with Gasteiger partial charge in [0.15, 0.2) is 5.13 Å². The Morgan fingerprint density at radius 1 is 1.23 bits per heavy atom. The van der Waals surface area contributed by atoms with Gasteiger partial charge in [0.2, 0.25) is 5.91 Å². The van der Waals surface area contributed by atoms with E-state index in [0.29, 0.717) is 16.7 Å². The van der Waals surface area contributed by atoms with E-state index in [-0.39, 0.29) is 17.2 Å². The summed E-state index contributed by atoms with van der Waals surface area (Å²) in [5.41, 5.74) is 4.20. The van der Waals surface area contributed by atoms with Crippen molar-refractivity contribution in [3.8, 4) is 11.3 Å². The van der Waals surface area contributed by atoms with Crippen molar-refractivity contribution in [1.82, 2.24) is 15.0 Å². The SMILES string of the molecule is Cc1ccc(-c2csc(NC(=O)CSCc3nc4sc5c(c4c(=O)[nH]3)CCC5)n2)cc1. The zero-order valence-corrected chi connectivity index (χ0v) is 19.3. The number of fused-ring (bicyclic) bond motifs is 3. The molecule has 1 amide bonds. The van der Waals surface area contributed by atoms with Gasteiger partial charge in [-0.1, -0.05) is 29.8 Å². The highest BCUT2D eigenvalue weighted by molar-refractivity contribution is 7.99. The number of anilines is 1. The molecule has 31 heavy (non-hydrogen) atoms. The van der Waals surface area contributed by atoms with E-state index in [2.05, 4.69) is 20.3 Å². The predicted octanol–water partition coefficient (Wildman–Crippen LogP) is 4.78. The standard InChI is InChI=1S/C22H20N4O2S3/c1-12-5-7-13(8-6-12)15-9-30-22(23-15)26-18(27)11-29-10-17-24-20(28)19-14-3-2-4-16(14)31-21(19)25-17/h5-9H,2-4,10-11H2,1H3,(H,23,26,27)(H,24,25,28). The number of amides is 1. The summed E-state index contributed by atoms with van der Waals surface area (Å²) in [7, 11) is 0. The molecule has 0 saturated heterocycles. The molecule has 1 aliphatic rings. The number of rotatable bonds is 6. The Morgan fingerprint density at radius 2 is 2.06 bits per heavy atom. The zero-order chi connectivity index (χ0) is 21.4. The van der Waals surface area contributed by atoms with Crippen LogP contribution in [0.3, 0.4) is 0 Å². The summed E-state index contributed by atoms with van der Waals surface area (Å²) in [6, 6.07) is 8.14. The van der Waals surface area contributed by atoms with Crippen LogP contribution in [0.4, 0.5) is 5.13 Å². The number of hydrogen-bond acceptors (Lipinski definition) is 7. The molecule has 0 radical (unpaired) electrons. The summed E-state index contributed by atoms with van der Waals surface area (Å²) in [6.07, 6.45) is 3.13. The number of H-pyrrole nitrogens is 1. The van der Waals surface area contributed by atoms with E-state index in [9.17, 15) is 9.59 Å². The largest absolute Gasteiger partial charge is 0.309 e. The highest BCUT2D eigenvalue weighted by Gasteiger charge is 2.21. The normalized spacial score (nSPS) is 12.9. The number of benzene rings is 1. The van der Waals surface area contributed by atoms with Crippen LogP contribution in [0.25, 0.3) is 21.5 Å². The third kappa shape index (κ3) is 4.30. The Bertz CT molecular complexity index is 1320. The fourth-order valence-electron chi connectivity index (χ4n) is 3.70. The van der Waals surface area contributed by atoms with Crippen molar-refractivity contribution >= 4 is 55.7 Å². The van der Waals surface area contributed by atoms with Crippen molar-refractivity contribution in [2.75, 3.05) is 11.1 Å². The second kappa shape index (κ2) is 8.57. The van der Waals surface area contributed by atoms with Crippen LogP contribution in [0.2, 0.25) is 0 Å². The van der Waals surface area contributed by atoms with E-state index in [0.717, 1.165) is 40.7 Å². The molecule has 9 heteroatoms. The minimum absolute atomic E-state index is 0.0594. The molecule has 0 aliphatic heterocycles. The lowest BCUT2D eigenvalue weighted by Crippen LogP contribution is -2.15. The number of carbonyl (C=O) groups is 1. The topological polar surface area (TPSA) is 87.7 Å². The molecule has 0 fully saturated rings. The highest BCUT2D eigenvalue weighted by atomic mass is 32.2. The number of thioether (sulfide) groups is 1. The zero-order valence-electron chi connectivity index (χ0n) is 16.9.